The molecule has 0 aliphatic carbocycles. The van der Waals surface area contributed by atoms with Crippen molar-refractivity contribution in [2.75, 3.05) is 18.0 Å². The molecule has 0 bridgehead atoms. The highest BCUT2D eigenvalue weighted by Gasteiger charge is 2.13. The molecule has 1 rings (SSSR count). The lowest BCUT2D eigenvalue weighted by Crippen LogP contribution is -2.29. The van der Waals surface area contributed by atoms with Crippen LogP contribution in [-0.2, 0) is 0 Å². The Labute approximate surface area is 116 Å². The molecule has 3 nitrogen and oxygen atoms in total. The summed E-state index contributed by atoms with van der Waals surface area (Å²) in [5, 5.41) is 0.534. The Kier molecular flexibility index (Phi) is 5.86. The summed E-state index contributed by atoms with van der Waals surface area (Å²) in [4.78, 5) is 11.2. The minimum absolute atomic E-state index is 0.296. The lowest BCUT2D eigenvalue weighted by molar-refractivity contribution is 0.544. The number of halogens is 1. The van der Waals surface area contributed by atoms with Gasteiger partial charge in [-0.3, -0.25) is 0 Å². The van der Waals surface area contributed by atoms with Gasteiger partial charge >= 0.3 is 0 Å². The van der Waals surface area contributed by atoms with Crippen molar-refractivity contribution in [1.82, 2.24) is 9.97 Å². The predicted molar refractivity (Wildman–Crippen MR) is 78.5 cm³/mol. The molecule has 102 valence electrons. The highest BCUT2D eigenvalue weighted by Crippen LogP contribution is 2.21. The monoisotopic (exact) mass is 269 g/mol. The Morgan fingerprint density at radius 2 is 1.89 bits per heavy atom. The number of nitrogens with zero attached hydrogens (tertiary/aromatic N) is 3. The zero-order chi connectivity index (χ0) is 13.7. The van der Waals surface area contributed by atoms with Crippen LogP contribution in [0.1, 0.15) is 52.8 Å². The molecule has 0 spiro atoms. The first-order chi connectivity index (χ1) is 8.47. The molecule has 0 saturated heterocycles. The topological polar surface area (TPSA) is 29.0 Å². The maximum absolute atomic E-state index is 6.09. The number of hydrogen-bond acceptors (Lipinski definition) is 3. The van der Waals surface area contributed by atoms with Crippen LogP contribution in [0.3, 0.4) is 0 Å². The predicted octanol–water partition coefficient (Wildman–Crippen LogP) is 4.13. The van der Waals surface area contributed by atoms with E-state index in [-0.39, 0.29) is 0 Å². The van der Waals surface area contributed by atoms with Gasteiger partial charge in [0.2, 0.25) is 0 Å². The Hall–Kier alpha value is -0.830. The van der Waals surface area contributed by atoms with Crippen LogP contribution >= 0.6 is 11.6 Å². The summed E-state index contributed by atoms with van der Waals surface area (Å²) in [6.07, 6.45) is 1.17. The molecule has 0 aliphatic heterocycles. The van der Waals surface area contributed by atoms with Crippen LogP contribution in [0.15, 0.2) is 6.07 Å². The van der Waals surface area contributed by atoms with Crippen LogP contribution in [0.25, 0.3) is 0 Å². The maximum atomic E-state index is 6.09. The largest absolute Gasteiger partial charge is 0.356 e. The second-order valence-electron chi connectivity index (χ2n) is 5.11. The third-order valence-corrected chi connectivity index (χ3v) is 3.34. The lowest BCUT2D eigenvalue weighted by atomic mass is 10.1. The molecule has 1 heterocycles. The standard InChI is InChI=1S/C14H24ClN3/c1-6-11(5)9-18(7-2)13-8-12(15)16-14(17-13)10(3)4/h8,10-11H,6-7,9H2,1-5H3. The van der Waals surface area contributed by atoms with Gasteiger partial charge in [0.05, 0.1) is 0 Å². The van der Waals surface area contributed by atoms with Gasteiger partial charge in [-0.2, -0.15) is 0 Å². The van der Waals surface area contributed by atoms with E-state index in [4.69, 9.17) is 11.6 Å². The third-order valence-electron chi connectivity index (χ3n) is 3.15. The first-order valence-corrected chi connectivity index (χ1v) is 7.15. The Bertz CT molecular complexity index is 379. The van der Waals surface area contributed by atoms with E-state index in [9.17, 15) is 0 Å². The van der Waals surface area contributed by atoms with Crippen molar-refractivity contribution < 1.29 is 0 Å². The molecule has 0 fully saturated rings. The van der Waals surface area contributed by atoms with Crippen molar-refractivity contribution in [3.05, 3.63) is 17.0 Å². The van der Waals surface area contributed by atoms with Gasteiger partial charge in [0.25, 0.3) is 0 Å². The van der Waals surface area contributed by atoms with E-state index in [0.717, 1.165) is 24.7 Å². The number of rotatable bonds is 6. The minimum Gasteiger partial charge on any atom is -0.356 e. The second-order valence-corrected chi connectivity index (χ2v) is 5.50. The summed E-state index contributed by atoms with van der Waals surface area (Å²) < 4.78 is 0. The van der Waals surface area contributed by atoms with E-state index in [1.165, 1.54) is 6.42 Å². The number of hydrogen-bond donors (Lipinski definition) is 0. The molecule has 0 N–H and O–H groups in total. The third kappa shape index (κ3) is 4.13. The zero-order valence-corrected chi connectivity index (χ0v) is 12.8. The van der Waals surface area contributed by atoms with Crippen LogP contribution < -0.4 is 4.90 Å². The molecule has 0 radical (unpaired) electrons. The van der Waals surface area contributed by atoms with Gasteiger partial charge in [0.1, 0.15) is 16.8 Å². The Balaban J connectivity index is 2.98. The summed E-state index contributed by atoms with van der Waals surface area (Å²) in [5.41, 5.74) is 0. The zero-order valence-electron chi connectivity index (χ0n) is 12.1. The van der Waals surface area contributed by atoms with Gasteiger partial charge < -0.3 is 4.90 Å². The number of aromatic nitrogens is 2. The smallest absolute Gasteiger partial charge is 0.135 e. The molecule has 0 aromatic carbocycles. The molecule has 0 aliphatic rings. The molecule has 18 heavy (non-hydrogen) atoms. The normalized spacial score (nSPS) is 12.8. The summed E-state index contributed by atoms with van der Waals surface area (Å²) in [6.45, 7) is 12.7. The highest BCUT2D eigenvalue weighted by atomic mass is 35.5. The van der Waals surface area contributed by atoms with Gasteiger partial charge in [-0.15, -0.1) is 0 Å². The van der Waals surface area contributed by atoms with Gasteiger partial charge in [0, 0.05) is 25.1 Å². The van der Waals surface area contributed by atoms with Gasteiger partial charge in [-0.25, -0.2) is 9.97 Å². The van der Waals surface area contributed by atoms with Crippen LogP contribution in [0.5, 0.6) is 0 Å². The summed E-state index contributed by atoms with van der Waals surface area (Å²) in [5.74, 6) is 2.72. The molecule has 0 saturated carbocycles. The van der Waals surface area contributed by atoms with E-state index in [1.807, 2.05) is 6.07 Å². The average Bonchev–Trinajstić information content (AvgIpc) is 2.34. The first kappa shape index (κ1) is 15.2. The fourth-order valence-corrected chi connectivity index (χ4v) is 1.92. The maximum Gasteiger partial charge on any atom is 0.135 e. The number of anilines is 1. The molecule has 1 aromatic rings. The van der Waals surface area contributed by atoms with Crippen molar-refractivity contribution in [1.29, 1.82) is 0 Å². The van der Waals surface area contributed by atoms with Gasteiger partial charge in [0.15, 0.2) is 0 Å². The first-order valence-electron chi connectivity index (χ1n) is 6.77. The van der Waals surface area contributed by atoms with Crippen molar-refractivity contribution in [2.45, 2.75) is 47.0 Å². The van der Waals surface area contributed by atoms with E-state index in [1.54, 1.807) is 0 Å². The molecule has 1 atom stereocenters. The highest BCUT2D eigenvalue weighted by molar-refractivity contribution is 6.29. The van der Waals surface area contributed by atoms with Crippen LogP contribution in [0.4, 0.5) is 5.82 Å². The molecule has 0 amide bonds. The Morgan fingerprint density at radius 3 is 2.39 bits per heavy atom. The minimum atomic E-state index is 0.296. The molecule has 1 unspecified atom stereocenters. The van der Waals surface area contributed by atoms with Crippen molar-refractivity contribution in [3.8, 4) is 0 Å². The van der Waals surface area contributed by atoms with Crippen molar-refractivity contribution in [2.24, 2.45) is 5.92 Å². The van der Waals surface area contributed by atoms with E-state index >= 15 is 0 Å². The van der Waals surface area contributed by atoms with Gasteiger partial charge in [-0.1, -0.05) is 45.7 Å². The van der Waals surface area contributed by atoms with Gasteiger partial charge in [-0.05, 0) is 12.8 Å². The fourth-order valence-electron chi connectivity index (χ4n) is 1.73. The van der Waals surface area contributed by atoms with Crippen molar-refractivity contribution >= 4 is 17.4 Å². The lowest BCUT2D eigenvalue weighted by Gasteiger charge is -2.25. The summed E-state index contributed by atoms with van der Waals surface area (Å²) in [7, 11) is 0. The van der Waals surface area contributed by atoms with Crippen LogP contribution in [-0.4, -0.2) is 23.1 Å². The van der Waals surface area contributed by atoms with E-state index < -0.39 is 0 Å². The van der Waals surface area contributed by atoms with E-state index in [0.29, 0.717) is 17.0 Å². The Morgan fingerprint density at radius 1 is 1.22 bits per heavy atom. The molecular weight excluding hydrogens is 246 g/mol. The SMILES string of the molecule is CCC(C)CN(CC)c1cc(Cl)nc(C(C)C)n1. The van der Waals surface area contributed by atoms with Crippen LogP contribution in [0, 0.1) is 5.92 Å². The average molecular weight is 270 g/mol. The fraction of sp³-hybridized carbons (Fsp3) is 0.714. The molecule has 4 heteroatoms. The quantitative estimate of drug-likeness (QED) is 0.727. The van der Waals surface area contributed by atoms with Crippen LogP contribution in [0.2, 0.25) is 5.15 Å². The summed E-state index contributed by atoms with van der Waals surface area (Å²) in [6, 6.07) is 1.86. The van der Waals surface area contributed by atoms with E-state index in [2.05, 4.69) is 49.5 Å². The second kappa shape index (κ2) is 6.93. The summed E-state index contributed by atoms with van der Waals surface area (Å²) >= 11 is 6.09. The van der Waals surface area contributed by atoms with Crippen molar-refractivity contribution in [3.63, 3.8) is 0 Å². The molecular formula is C14H24ClN3. The molecule has 1 aromatic heterocycles.